The highest BCUT2D eigenvalue weighted by atomic mass is 32.2. The monoisotopic (exact) mass is 387 g/mol. The molecule has 2 aromatic carbocycles. The number of hydrogen-bond acceptors (Lipinski definition) is 3. The number of benzene rings is 2. The Balaban J connectivity index is 1.77. The van der Waals surface area contributed by atoms with Crippen LogP contribution in [0.1, 0.15) is 23.1 Å². The Kier molecular flexibility index (Phi) is 7.85. The lowest BCUT2D eigenvalue weighted by Crippen LogP contribution is -2.39. The molecule has 0 unspecified atom stereocenters. The summed E-state index contributed by atoms with van der Waals surface area (Å²) in [5, 5.41) is 3.25. The zero-order valence-electron chi connectivity index (χ0n) is 16.4. The first-order chi connectivity index (χ1) is 12.9. The summed E-state index contributed by atoms with van der Waals surface area (Å²) in [5.74, 6) is 1.01. The SMILES string of the molecule is CN=C(NCCCS(=O)(=O)Cc1ccccc1)N(C)Cc1ccc(C)cc1. The molecule has 0 saturated heterocycles. The van der Waals surface area contributed by atoms with E-state index in [9.17, 15) is 8.42 Å². The van der Waals surface area contributed by atoms with Crippen molar-refractivity contribution in [3.63, 3.8) is 0 Å². The van der Waals surface area contributed by atoms with E-state index in [1.807, 2.05) is 42.3 Å². The number of aliphatic imine (C=N–C) groups is 1. The third-order valence-electron chi connectivity index (χ3n) is 4.26. The minimum absolute atomic E-state index is 0.0931. The van der Waals surface area contributed by atoms with Gasteiger partial charge in [0.2, 0.25) is 0 Å². The number of hydrogen-bond donors (Lipinski definition) is 1. The predicted octanol–water partition coefficient (Wildman–Crippen LogP) is 3.01. The molecule has 27 heavy (non-hydrogen) atoms. The van der Waals surface area contributed by atoms with E-state index in [0.29, 0.717) is 13.0 Å². The summed E-state index contributed by atoms with van der Waals surface area (Å²) in [5.41, 5.74) is 3.27. The fraction of sp³-hybridized carbons (Fsp3) is 0.381. The van der Waals surface area contributed by atoms with E-state index in [0.717, 1.165) is 18.1 Å². The van der Waals surface area contributed by atoms with Crippen LogP contribution in [-0.2, 0) is 22.1 Å². The minimum atomic E-state index is -3.11. The van der Waals surface area contributed by atoms with Crippen LogP contribution in [0.15, 0.2) is 59.6 Å². The smallest absolute Gasteiger partial charge is 0.193 e. The first-order valence-electron chi connectivity index (χ1n) is 9.11. The summed E-state index contributed by atoms with van der Waals surface area (Å²) in [6.45, 7) is 3.38. The first-order valence-corrected chi connectivity index (χ1v) is 10.9. The van der Waals surface area contributed by atoms with Crippen molar-refractivity contribution in [3.05, 3.63) is 71.3 Å². The van der Waals surface area contributed by atoms with Crippen LogP contribution in [0, 0.1) is 6.92 Å². The second-order valence-electron chi connectivity index (χ2n) is 6.75. The van der Waals surface area contributed by atoms with Gasteiger partial charge in [-0.25, -0.2) is 8.42 Å². The van der Waals surface area contributed by atoms with Crippen molar-refractivity contribution in [2.45, 2.75) is 25.6 Å². The van der Waals surface area contributed by atoms with Crippen LogP contribution in [0.3, 0.4) is 0 Å². The van der Waals surface area contributed by atoms with E-state index in [4.69, 9.17) is 0 Å². The van der Waals surface area contributed by atoms with Gasteiger partial charge in [0.15, 0.2) is 15.8 Å². The van der Waals surface area contributed by atoms with E-state index in [-0.39, 0.29) is 11.5 Å². The van der Waals surface area contributed by atoms with Gasteiger partial charge in [0, 0.05) is 27.2 Å². The zero-order chi connectivity index (χ0) is 19.7. The second kappa shape index (κ2) is 10.1. The van der Waals surface area contributed by atoms with E-state index in [1.54, 1.807) is 7.05 Å². The number of nitrogens with zero attached hydrogens (tertiary/aromatic N) is 2. The van der Waals surface area contributed by atoms with Gasteiger partial charge < -0.3 is 10.2 Å². The van der Waals surface area contributed by atoms with Crippen molar-refractivity contribution in [2.75, 3.05) is 26.4 Å². The Hall–Kier alpha value is -2.34. The predicted molar refractivity (Wildman–Crippen MR) is 113 cm³/mol. The maximum Gasteiger partial charge on any atom is 0.193 e. The highest BCUT2D eigenvalue weighted by molar-refractivity contribution is 7.90. The number of sulfone groups is 1. The van der Waals surface area contributed by atoms with E-state index in [2.05, 4.69) is 41.5 Å². The molecule has 0 aliphatic rings. The average molecular weight is 388 g/mol. The Labute approximate surface area is 163 Å². The van der Waals surface area contributed by atoms with Crippen molar-refractivity contribution in [2.24, 2.45) is 4.99 Å². The van der Waals surface area contributed by atoms with Crippen molar-refractivity contribution >= 4 is 15.8 Å². The van der Waals surface area contributed by atoms with Gasteiger partial charge in [-0.15, -0.1) is 0 Å². The molecule has 0 fully saturated rings. The molecule has 0 heterocycles. The molecule has 1 N–H and O–H groups in total. The third-order valence-corrected chi connectivity index (χ3v) is 5.94. The van der Waals surface area contributed by atoms with Crippen LogP contribution >= 0.6 is 0 Å². The van der Waals surface area contributed by atoms with Gasteiger partial charge in [-0.3, -0.25) is 4.99 Å². The lowest BCUT2D eigenvalue weighted by molar-refractivity contribution is 0.476. The summed E-state index contributed by atoms with van der Waals surface area (Å²) in [7, 11) is 0.604. The molecule has 0 saturated carbocycles. The standard InChI is InChI=1S/C21H29N3O2S/c1-18-10-12-19(13-11-18)16-24(3)21(22-2)23-14-7-15-27(25,26)17-20-8-5-4-6-9-20/h4-6,8-13H,7,14-17H2,1-3H3,(H,22,23). The van der Waals surface area contributed by atoms with Gasteiger partial charge in [0.1, 0.15) is 0 Å². The molecule has 146 valence electrons. The molecular weight excluding hydrogens is 358 g/mol. The molecule has 0 amide bonds. The maximum atomic E-state index is 12.2. The summed E-state index contributed by atoms with van der Waals surface area (Å²) in [4.78, 5) is 6.32. The second-order valence-corrected chi connectivity index (χ2v) is 8.93. The average Bonchev–Trinajstić information content (AvgIpc) is 2.64. The number of guanidine groups is 1. The first kappa shape index (κ1) is 21.0. The highest BCUT2D eigenvalue weighted by Crippen LogP contribution is 2.08. The third kappa shape index (κ3) is 7.43. The molecule has 0 spiro atoms. The quantitative estimate of drug-likeness (QED) is 0.430. The molecule has 0 radical (unpaired) electrons. The van der Waals surface area contributed by atoms with Gasteiger partial charge >= 0.3 is 0 Å². The zero-order valence-corrected chi connectivity index (χ0v) is 17.2. The van der Waals surface area contributed by atoms with Crippen molar-refractivity contribution in [1.82, 2.24) is 10.2 Å². The fourth-order valence-corrected chi connectivity index (χ4v) is 4.25. The van der Waals surface area contributed by atoms with E-state index < -0.39 is 9.84 Å². The topological polar surface area (TPSA) is 61.8 Å². The van der Waals surface area contributed by atoms with Crippen molar-refractivity contribution in [3.8, 4) is 0 Å². The molecule has 2 rings (SSSR count). The largest absolute Gasteiger partial charge is 0.356 e. The lowest BCUT2D eigenvalue weighted by Gasteiger charge is -2.22. The van der Waals surface area contributed by atoms with Crippen LogP contribution < -0.4 is 5.32 Å². The van der Waals surface area contributed by atoms with Crippen LogP contribution in [0.2, 0.25) is 0 Å². The van der Waals surface area contributed by atoms with Crippen LogP contribution in [-0.4, -0.2) is 45.7 Å². The Morgan fingerprint density at radius 2 is 1.70 bits per heavy atom. The normalized spacial score (nSPS) is 12.0. The van der Waals surface area contributed by atoms with Gasteiger partial charge in [-0.1, -0.05) is 60.2 Å². The summed E-state index contributed by atoms with van der Waals surface area (Å²) < 4.78 is 24.5. The van der Waals surface area contributed by atoms with Crippen LogP contribution in [0.4, 0.5) is 0 Å². The van der Waals surface area contributed by atoms with Gasteiger partial charge in [0.25, 0.3) is 0 Å². The fourth-order valence-electron chi connectivity index (χ4n) is 2.82. The van der Waals surface area contributed by atoms with Crippen LogP contribution in [0.5, 0.6) is 0 Å². The van der Waals surface area contributed by atoms with E-state index in [1.165, 1.54) is 11.1 Å². The molecular formula is C21H29N3O2S. The van der Waals surface area contributed by atoms with E-state index >= 15 is 0 Å². The molecule has 0 bridgehead atoms. The maximum absolute atomic E-state index is 12.2. The number of rotatable bonds is 8. The Morgan fingerprint density at radius 3 is 2.33 bits per heavy atom. The van der Waals surface area contributed by atoms with Gasteiger partial charge in [0.05, 0.1) is 11.5 Å². The van der Waals surface area contributed by atoms with Gasteiger partial charge in [-0.05, 0) is 24.5 Å². The molecule has 2 aromatic rings. The molecule has 0 atom stereocenters. The Bertz CT molecular complexity index is 831. The van der Waals surface area contributed by atoms with Crippen LogP contribution in [0.25, 0.3) is 0 Å². The molecule has 0 aliphatic carbocycles. The Morgan fingerprint density at radius 1 is 1.04 bits per heavy atom. The molecule has 0 aliphatic heterocycles. The number of aryl methyl sites for hydroxylation is 1. The molecule has 5 nitrogen and oxygen atoms in total. The lowest BCUT2D eigenvalue weighted by atomic mass is 10.1. The molecule has 0 aromatic heterocycles. The van der Waals surface area contributed by atoms with Crippen molar-refractivity contribution < 1.29 is 8.42 Å². The van der Waals surface area contributed by atoms with Gasteiger partial charge in [-0.2, -0.15) is 0 Å². The summed E-state index contributed by atoms with van der Waals surface area (Å²) >= 11 is 0. The molecule has 6 heteroatoms. The minimum Gasteiger partial charge on any atom is -0.356 e. The van der Waals surface area contributed by atoms with Crippen molar-refractivity contribution in [1.29, 1.82) is 0 Å². The number of nitrogens with one attached hydrogen (secondary N) is 1. The highest BCUT2D eigenvalue weighted by Gasteiger charge is 2.12. The summed E-state index contributed by atoms with van der Waals surface area (Å²) in [6, 6.07) is 17.7. The summed E-state index contributed by atoms with van der Waals surface area (Å²) in [6.07, 6.45) is 0.548.